The summed E-state index contributed by atoms with van der Waals surface area (Å²) >= 11 is 5.80. The Labute approximate surface area is 112 Å². The molecule has 1 aromatic heterocycles. The summed E-state index contributed by atoms with van der Waals surface area (Å²) in [6.45, 7) is 1.22. The van der Waals surface area contributed by atoms with E-state index >= 15 is 0 Å². The van der Waals surface area contributed by atoms with Gasteiger partial charge in [0.2, 0.25) is 0 Å². The predicted molar refractivity (Wildman–Crippen MR) is 69.0 cm³/mol. The third kappa shape index (κ3) is 3.44. The molecule has 1 aromatic rings. The Bertz CT molecular complexity index is 490. The largest absolute Gasteiger partial charge is 0.314 e. The Kier molecular flexibility index (Phi) is 4.26. The molecule has 0 atom stereocenters. The topological polar surface area (TPSA) is 76.0 Å². The van der Waals surface area contributed by atoms with Crippen LogP contribution in [-0.2, 0) is 17.1 Å². The van der Waals surface area contributed by atoms with Crippen LogP contribution in [0.1, 0.15) is 19.3 Å². The normalized spacial score (nSPS) is 16.1. The lowest BCUT2D eigenvalue weighted by Gasteiger charge is -2.07. The van der Waals surface area contributed by atoms with Gasteiger partial charge in [-0.15, -0.1) is 0 Å². The summed E-state index contributed by atoms with van der Waals surface area (Å²) in [4.78, 5) is 0. The minimum Gasteiger partial charge on any atom is -0.314 e. The highest BCUT2D eigenvalue weighted by Crippen LogP contribution is 2.19. The first-order valence-corrected chi connectivity index (χ1v) is 7.77. The van der Waals surface area contributed by atoms with Gasteiger partial charge in [-0.1, -0.05) is 11.6 Å². The molecule has 0 saturated heterocycles. The van der Waals surface area contributed by atoms with E-state index in [0.29, 0.717) is 12.6 Å². The van der Waals surface area contributed by atoms with Crippen molar-refractivity contribution in [2.75, 3.05) is 13.1 Å². The van der Waals surface area contributed by atoms with Gasteiger partial charge in [-0.25, -0.2) is 13.1 Å². The van der Waals surface area contributed by atoms with Gasteiger partial charge in [0, 0.05) is 19.6 Å². The van der Waals surface area contributed by atoms with Gasteiger partial charge in [0.25, 0.3) is 10.0 Å². The highest BCUT2D eigenvalue weighted by atomic mass is 35.5. The van der Waals surface area contributed by atoms with Crippen LogP contribution in [0.25, 0.3) is 0 Å². The average Bonchev–Trinajstić information content (AvgIpc) is 3.04. The summed E-state index contributed by atoms with van der Waals surface area (Å²) in [5.74, 6) is 0. The lowest BCUT2D eigenvalue weighted by atomic mass is 10.4. The van der Waals surface area contributed by atoms with Gasteiger partial charge in [0.1, 0.15) is 0 Å². The van der Waals surface area contributed by atoms with Crippen LogP contribution in [0.4, 0.5) is 0 Å². The van der Waals surface area contributed by atoms with Crippen molar-refractivity contribution >= 4 is 21.6 Å². The predicted octanol–water partition coefficient (Wildman–Crippen LogP) is 0.494. The molecule has 2 rings (SSSR count). The molecule has 1 aliphatic carbocycles. The van der Waals surface area contributed by atoms with Crippen molar-refractivity contribution in [1.29, 1.82) is 0 Å². The van der Waals surface area contributed by atoms with Crippen molar-refractivity contribution in [2.45, 2.75) is 30.3 Å². The molecule has 0 aromatic carbocycles. The minimum absolute atomic E-state index is 0.0133. The maximum atomic E-state index is 12.0. The van der Waals surface area contributed by atoms with Crippen LogP contribution in [0, 0.1) is 0 Å². The molecule has 0 aliphatic heterocycles. The first-order valence-electron chi connectivity index (χ1n) is 5.91. The van der Waals surface area contributed by atoms with Crippen molar-refractivity contribution < 1.29 is 8.42 Å². The van der Waals surface area contributed by atoms with Crippen LogP contribution >= 0.6 is 11.6 Å². The van der Waals surface area contributed by atoms with E-state index in [4.69, 9.17) is 11.6 Å². The Balaban J connectivity index is 1.83. The van der Waals surface area contributed by atoms with Crippen LogP contribution in [0.5, 0.6) is 0 Å². The molecule has 0 spiro atoms. The highest BCUT2D eigenvalue weighted by Gasteiger charge is 2.22. The maximum absolute atomic E-state index is 12.0. The van der Waals surface area contributed by atoms with Crippen LogP contribution in [0.3, 0.4) is 0 Å². The molecule has 0 amide bonds. The van der Waals surface area contributed by atoms with Crippen molar-refractivity contribution in [3.63, 3.8) is 0 Å². The van der Waals surface area contributed by atoms with Gasteiger partial charge in [-0.05, 0) is 25.8 Å². The van der Waals surface area contributed by atoms with Crippen molar-refractivity contribution in [3.8, 4) is 0 Å². The Morgan fingerprint density at radius 1 is 1.50 bits per heavy atom. The molecular formula is C10H17ClN4O2S. The van der Waals surface area contributed by atoms with Crippen LogP contribution < -0.4 is 10.0 Å². The van der Waals surface area contributed by atoms with E-state index in [9.17, 15) is 8.42 Å². The summed E-state index contributed by atoms with van der Waals surface area (Å²) in [7, 11) is -2.02. The molecule has 102 valence electrons. The van der Waals surface area contributed by atoms with E-state index in [0.717, 1.165) is 13.0 Å². The lowest BCUT2D eigenvalue weighted by molar-refractivity contribution is 0.557. The maximum Gasteiger partial charge on any atom is 0.259 e. The third-order valence-electron chi connectivity index (χ3n) is 2.75. The lowest BCUT2D eigenvalue weighted by Crippen LogP contribution is -2.29. The van der Waals surface area contributed by atoms with E-state index < -0.39 is 10.0 Å². The molecule has 6 nitrogen and oxygen atoms in total. The number of nitrogens with one attached hydrogen (secondary N) is 2. The molecule has 8 heteroatoms. The number of hydrogen-bond acceptors (Lipinski definition) is 4. The van der Waals surface area contributed by atoms with Crippen molar-refractivity contribution in [2.24, 2.45) is 7.05 Å². The van der Waals surface area contributed by atoms with Gasteiger partial charge in [-0.2, -0.15) is 5.10 Å². The zero-order chi connectivity index (χ0) is 13.2. The summed E-state index contributed by atoms with van der Waals surface area (Å²) in [5.41, 5.74) is 0. The molecule has 1 aliphatic rings. The third-order valence-corrected chi connectivity index (χ3v) is 4.72. The van der Waals surface area contributed by atoms with Gasteiger partial charge < -0.3 is 5.32 Å². The fourth-order valence-corrected chi connectivity index (χ4v) is 3.38. The summed E-state index contributed by atoms with van der Waals surface area (Å²) in [6.07, 6.45) is 4.54. The zero-order valence-electron chi connectivity index (χ0n) is 10.2. The highest BCUT2D eigenvalue weighted by molar-refractivity contribution is 7.89. The summed E-state index contributed by atoms with van der Waals surface area (Å²) in [6, 6.07) is 0.646. The molecule has 1 saturated carbocycles. The average molecular weight is 293 g/mol. The standard InChI is InChI=1S/C10H17ClN4O2S/c1-15-10(9(11)7-13-15)18(16,17)14-6-2-5-12-8-3-4-8/h7-8,12,14H,2-6H2,1H3. The Morgan fingerprint density at radius 2 is 2.22 bits per heavy atom. The van der Waals surface area contributed by atoms with Crippen LogP contribution in [0.2, 0.25) is 5.02 Å². The fourth-order valence-electron chi connectivity index (χ4n) is 1.66. The summed E-state index contributed by atoms with van der Waals surface area (Å²) in [5, 5.41) is 7.29. The summed E-state index contributed by atoms with van der Waals surface area (Å²) < 4.78 is 27.7. The van der Waals surface area contributed by atoms with Gasteiger partial charge in [0.05, 0.1) is 11.2 Å². The fraction of sp³-hybridized carbons (Fsp3) is 0.700. The van der Waals surface area contributed by atoms with Crippen molar-refractivity contribution in [3.05, 3.63) is 11.2 Å². The number of halogens is 1. The Morgan fingerprint density at radius 3 is 2.78 bits per heavy atom. The number of nitrogens with zero attached hydrogens (tertiary/aromatic N) is 2. The molecule has 1 heterocycles. The number of rotatable bonds is 7. The molecule has 18 heavy (non-hydrogen) atoms. The molecule has 1 fully saturated rings. The number of aryl methyl sites for hydroxylation is 1. The number of sulfonamides is 1. The SMILES string of the molecule is Cn1ncc(Cl)c1S(=O)(=O)NCCCNC1CC1. The quantitative estimate of drug-likeness (QED) is 0.717. The zero-order valence-corrected chi connectivity index (χ0v) is 11.8. The first kappa shape index (κ1) is 13.8. The van der Waals surface area contributed by atoms with E-state index in [2.05, 4.69) is 15.1 Å². The number of aromatic nitrogens is 2. The molecule has 2 N–H and O–H groups in total. The second kappa shape index (κ2) is 5.56. The van der Waals surface area contributed by atoms with E-state index in [1.807, 2.05) is 0 Å². The second-order valence-corrected chi connectivity index (χ2v) is 6.49. The molecular weight excluding hydrogens is 276 g/mol. The van der Waals surface area contributed by atoms with E-state index in [-0.39, 0.29) is 10.0 Å². The monoisotopic (exact) mass is 292 g/mol. The first-order chi connectivity index (χ1) is 8.50. The van der Waals surface area contributed by atoms with Crippen LogP contribution in [0.15, 0.2) is 11.2 Å². The molecule has 0 radical (unpaired) electrons. The Hall–Kier alpha value is -0.630. The van der Waals surface area contributed by atoms with Gasteiger partial charge >= 0.3 is 0 Å². The number of hydrogen-bond donors (Lipinski definition) is 2. The minimum atomic E-state index is -3.57. The van der Waals surface area contributed by atoms with E-state index in [1.54, 1.807) is 7.05 Å². The molecule has 0 unspecified atom stereocenters. The second-order valence-electron chi connectivity index (χ2n) is 4.40. The van der Waals surface area contributed by atoms with Gasteiger partial charge in [-0.3, -0.25) is 4.68 Å². The van der Waals surface area contributed by atoms with Crippen molar-refractivity contribution in [1.82, 2.24) is 19.8 Å². The van der Waals surface area contributed by atoms with E-state index in [1.165, 1.54) is 23.7 Å². The van der Waals surface area contributed by atoms with Crippen LogP contribution in [-0.4, -0.2) is 37.3 Å². The smallest absolute Gasteiger partial charge is 0.259 e. The molecule has 0 bridgehead atoms. The van der Waals surface area contributed by atoms with Gasteiger partial charge in [0.15, 0.2) is 5.03 Å².